The van der Waals surface area contributed by atoms with Crippen molar-refractivity contribution in [2.24, 2.45) is 5.73 Å². The molecule has 2 aromatic heterocycles. The fourth-order valence-corrected chi connectivity index (χ4v) is 5.90. The van der Waals surface area contributed by atoms with E-state index in [1.165, 1.54) is 5.56 Å². The molecule has 0 aliphatic carbocycles. The Morgan fingerprint density at radius 2 is 0.896 bits per heavy atom. The molecule has 48 heavy (non-hydrogen) atoms. The second kappa shape index (κ2) is 13.9. The van der Waals surface area contributed by atoms with Gasteiger partial charge in [0, 0.05) is 39.8 Å². The van der Waals surface area contributed by atoms with Crippen molar-refractivity contribution in [3.8, 4) is 56.4 Å². The van der Waals surface area contributed by atoms with Crippen LogP contribution in [0.15, 0.2) is 152 Å². The lowest BCUT2D eigenvalue weighted by Gasteiger charge is -2.15. The molecule has 5 nitrogen and oxygen atoms in total. The van der Waals surface area contributed by atoms with Crippen LogP contribution in [0.3, 0.4) is 0 Å². The Balaban J connectivity index is 1.20. The molecule has 2 N–H and O–H groups in total. The Labute approximate surface area is 282 Å². The van der Waals surface area contributed by atoms with Crippen molar-refractivity contribution in [2.75, 3.05) is 0 Å². The standard InChI is InChI=1S/C43H37N5/c1-29(42-45-38(32-13-6-3-7-14-32)27-39(46-42)33-15-8-4-9-16-33)25-31-21-23-35(24-22-31)41-28-40(34-17-10-5-11-18-34)47-43(48-41)37-20-12-19-36(26-37)30(2)44/h3-24,26-30H,25,44H2,1-2H3. The maximum absolute atomic E-state index is 6.21. The molecule has 0 spiro atoms. The lowest BCUT2D eigenvalue weighted by molar-refractivity contribution is 0.700. The molecule has 2 atom stereocenters. The lowest BCUT2D eigenvalue weighted by atomic mass is 9.97. The normalized spacial score (nSPS) is 12.4. The maximum Gasteiger partial charge on any atom is 0.160 e. The monoisotopic (exact) mass is 623 g/mol. The van der Waals surface area contributed by atoms with Gasteiger partial charge >= 0.3 is 0 Å². The minimum Gasteiger partial charge on any atom is -0.324 e. The van der Waals surface area contributed by atoms with Crippen LogP contribution in [0.5, 0.6) is 0 Å². The van der Waals surface area contributed by atoms with E-state index in [2.05, 4.69) is 85.8 Å². The van der Waals surface area contributed by atoms with Gasteiger partial charge in [-0.1, -0.05) is 140 Å². The van der Waals surface area contributed by atoms with Crippen LogP contribution in [0.1, 0.15) is 42.8 Å². The third kappa shape index (κ3) is 6.97. The Morgan fingerprint density at radius 3 is 1.38 bits per heavy atom. The van der Waals surface area contributed by atoms with Gasteiger partial charge in [-0.05, 0) is 42.7 Å². The summed E-state index contributed by atoms with van der Waals surface area (Å²) < 4.78 is 0. The van der Waals surface area contributed by atoms with Gasteiger partial charge in [-0.2, -0.15) is 0 Å². The van der Waals surface area contributed by atoms with Crippen molar-refractivity contribution < 1.29 is 0 Å². The van der Waals surface area contributed by atoms with Crippen molar-refractivity contribution in [1.29, 1.82) is 0 Å². The van der Waals surface area contributed by atoms with Gasteiger partial charge in [0.1, 0.15) is 5.82 Å². The van der Waals surface area contributed by atoms with E-state index in [9.17, 15) is 0 Å². The molecule has 7 aromatic rings. The van der Waals surface area contributed by atoms with Gasteiger partial charge in [0.2, 0.25) is 0 Å². The number of hydrogen-bond donors (Lipinski definition) is 1. The number of aromatic nitrogens is 4. The molecule has 2 heterocycles. The van der Waals surface area contributed by atoms with Crippen molar-refractivity contribution in [2.45, 2.75) is 32.2 Å². The largest absolute Gasteiger partial charge is 0.324 e. The fourth-order valence-electron chi connectivity index (χ4n) is 5.90. The molecule has 0 fully saturated rings. The van der Waals surface area contributed by atoms with Gasteiger partial charge in [-0.25, -0.2) is 19.9 Å². The minimum atomic E-state index is -0.0761. The first-order valence-electron chi connectivity index (χ1n) is 16.4. The summed E-state index contributed by atoms with van der Waals surface area (Å²) in [4.78, 5) is 20.1. The van der Waals surface area contributed by atoms with E-state index in [1.807, 2.05) is 79.7 Å². The Kier molecular flexibility index (Phi) is 8.94. The average Bonchev–Trinajstić information content (AvgIpc) is 3.16. The van der Waals surface area contributed by atoms with Crippen molar-refractivity contribution >= 4 is 0 Å². The van der Waals surface area contributed by atoms with E-state index in [-0.39, 0.29) is 12.0 Å². The zero-order valence-corrected chi connectivity index (χ0v) is 27.2. The van der Waals surface area contributed by atoms with Crippen LogP contribution in [0.2, 0.25) is 0 Å². The van der Waals surface area contributed by atoms with Gasteiger partial charge in [0.15, 0.2) is 5.82 Å². The summed E-state index contributed by atoms with van der Waals surface area (Å²) in [6, 6.07) is 51.8. The number of rotatable bonds is 9. The number of nitrogens with two attached hydrogens (primary N) is 1. The molecule has 0 amide bonds. The summed E-state index contributed by atoms with van der Waals surface area (Å²) >= 11 is 0. The van der Waals surface area contributed by atoms with Crippen LogP contribution < -0.4 is 5.73 Å². The minimum absolute atomic E-state index is 0.0761. The molecule has 7 rings (SSSR count). The number of nitrogens with zero attached hydrogens (tertiary/aromatic N) is 4. The van der Waals surface area contributed by atoms with Crippen LogP contribution in [-0.4, -0.2) is 19.9 Å². The molecule has 0 saturated heterocycles. The summed E-state index contributed by atoms with van der Waals surface area (Å²) in [5.74, 6) is 1.62. The van der Waals surface area contributed by atoms with E-state index in [0.717, 1.165) is 68.4 Å². The topological polar surface area (TPSA) is 77.6 Å². The van der Waals surface area contributed by atoms with Crippen LogP contribution in [0.25, 0.3) is 56.4 Å². The molecule has 234 valence electrons. The van der Waals surface area contributed by atoms with Crippen LogP contribution >= 0.6 is 0 Å². The zero-order valence-electron chi connectivity index (χ0n) is 27.2. The number of benzene rings is 5. The lowest BCUT2D eigenvalue weighted by Crippen LogP contribution is -2.06. The molecular formula is C43H37N5. The van der Waals surface area contributed by atoms with Crippen LogP contribution in [0, 0.1) is 0 Å². The summed E-state index contributed by atoms with van der Waals surface area (Å²) in [7, 11) is 0. The van der Waals surface area contributed by atoms with Gasteiger partial charge in [0.25, 0.3) is 0 Å². The van der Waals surface area contributed by atoms with E-state index in [4.69, 9.17) is 25.7 Å². The summed E-state index contributed by atoms with van der Waals surface area (Å²) in [5, 5.41) is 0. The Hall–Kier alpha value is -5.78. The predicted molar refractivity (Wildman–Crippen MR) is 196 cm³/mol. The van der Waals surface area contributed by atoms with Crippen LogP contribution in [0.4, 0.5) is 0 Å². The second-order valence-electron chi connectivity index (χ2n) is 12.3. The quantitative estimate of drug-likeness (QED) is 0.173. The highest BCUT2D eigenvalue weighted by Crippen LogP contribution is 2.31. The van der Waals surface area contributed by atoms with Gasteiger partial charge in [-0.3, -0.25) is 0 Å². The fraction of sp³-hybridized carbons (Fsp3) is 0.116. The third-order valence-corrected chi connectivity index (χ3v) is 8.58. The smallest absolute Gasteiger partial charge is 0.160 e. The first-order valence-corrected chi connectivity index (χ1v) is 16.4. The molecule has 0 saturated carbocycles. The van der Waals surface area contributed by atoms with Gasteiger partial charge in [-0.15, -0.1) is 0 Å². The highest BCUT2D eigenvalue weighted by atomic mass is 14.9. The molecule has 0 aliphatic rings. The van der Waals surface area contributed by atoms with Gasteiger partial charge in [0.05, 0.1) is 22.8 Å². The predicted octanol–water partition coefficient (Wildman–Crippen LogP) is 9.97. The van der Waals surface area contributed by atoms with E-state index >= 15 is 0 Å². The molecule has 5 heteroatoms. The number of hydrogen-bond acceptors (Lipinski definition) is 5. The van der Waals surface area contributed by atoms with Crippen molar-refractivity contribution in [3.63, 3.8) is 0 Å². The molecular weight excluding hydrogens is 587 g/mol. The Bertz CT molecular complexity index is 2070. The first kappa shape index (κ1) is 30.9. The molecule has 5 aromatic carbocycles. The third-order valence-electron chi connectivity index (χ3n) is 8.58. The van der Waals surface area contributed by atoms with E-state index in [0.29, 0.717) is 5.82 Å². The highest BCUT2D eigenvalue weighted by Gasteiger charge is 2.16. The molecule has 0 aliphatic heterocycles. The Morgan fingerprint density at radius 1 is 0.458 bits per heavy atom. The maximum atomic E-state index is 6.21. The SMILES string of the molecule is CC(N)c1cccc(-c2nc(-c3ccccc3)cc(-c3ccc(CC(C)c4nc(-c5ccccc5)cc(-c5ccccc5)n4)cc3)n2)c1. The summed E-state index contributed by atoms with van der Waals surface area (Å²) in [6.07, 6.45) is 0.807. The van der Waals surface area contributed by atoms with E-state index in [1.54, 1.807) is 0 Å². The second-order valence-corrected chi connectivity index (χ2v) is 12.3. The summed E-state index contributed by atoms with van der Waals surface area (Å²) in [5.41, 5.74) is 17.3. The zero-order chi connectivity index (χ0) is 32.9. The van der Waals surface area contributed by atoms with Crippen molar-refractivity contribution in [1.82, 2.24) is 19.9 Å². The molecule has 0 bridgehead atoms. The van der Waals surface area contributed by atoms with Gasteiger partial charge < -0.3 is 5.73 Å². The summed E-state index contributed by atoms with van der Waals surface area (Å²) in [6.45, 7) is 4.19. The average molecular weight is 624 g/mol. The van der Waals surface area contributed by atoms with Crippen molar-refractivity contribution in [3.05, 3.63) is 169 Å². The molecule has 0 radical (unpaired) electrons. The van der Waals surface area contributed by atoms with Crippen LogP contribution in [-0.2, 0) is 6.42 Å². The highest BCUT2D eigenvalue weighted by molar-refractivity contribution is 5.72. The first-order chi connectivity index (χ1) is 23.5. The molecule has 2 unspecified atom stereocenters. The van der Waals surface area contributed by atoms with E-state index < -0.39 is 0 Å².